The second kappa shape index (κ2) is 13.8. The molecule has 0 fully saturated rings. The van der Waals surface area contributed by atoms with Crippen LogP contribution < -0.4 is 21.7 Å². The summed E-state index contributed by atoms with van der Waals surface area (Å²) in [7, 11) is 0. The van der Waals surface area contributed by atoms with Crippen LogP contribution in [0.3, 0.4) is 0 Å². The van der Waals surface area contributed by atoms with E-state index in [1.165, 1.54) is 24.3 Å². The maximum atomic E-state index is 13.3. The minimum Gasteiger partial charge on any atom is -0.508 e. The van der Waals surface area contributed by atoms with Crippen molar-refractivity contribution in [2.24, 2.45) is 11.7 Å². The Morgan fingerprint density at radius 3 is 1.62 bits per heavy atom. The Balaban J connectivity index is 2.26. The lowest BCUT2D eigenvalue weighted by molar-refractivity contribution is -0.138. The van der Waals surface area contributed by atoms with Gasteiger partial charge in [0, 0.05) is 12.8 Å². The third-order valence-corrected chi connectivity index (χ3v) is 5.49. The highest BCUT2D eigenvalue weighted by Gasteiger charge is 2.29. The number of amides is 3. The third-order valence-electron chi connectivity index (χ3n) is 5.49. The third kappa shape index (κ3) is 10.2. The molecule has 3 unspecified atom stereocenters. The normalized spacial score (nSPS) is 13.3. The van der Waals surface area contributed by atoms with Crippen LogP contribution in [0.1, 0.15) is 31.4 Å². The van der Waals surface area contributed by atoms with Crippen LogP contribution in [-0.4, -0.2) is 63.7 Å². The standard InChI is InChI=1S/C26H34N4O7/c1-15(2)11-20(27)24(35)29-22(13-17-5-9-19(32)10-6-17)26(37)30-21(25(36)28-14-23(33)34)12-16-3-7-18(31)8-4-16/h3-10,15,20-22,31-32H,11-14,27H2,1-2H3,(H,28,36)(H,29,35)(H,30,37)(H,33,34). The number of carbonyl (C=O) groups excluding carboxylic acids is 3. The van der Waals surface area contributed by atoms with Crippen molar-refractivity contribution in [1.29, 1.82) is 0 Å². The molecule has 0 aliphatic heterocycles. The largest absolute Gasteiger partial charge is 0.508 e. The molecule has 11 heteroatoms. The van der Waals surface area contributed by atoms with Crippen LogP contribution in [0.5, 0.6) is 11.5 Å². The lowest BCUT2D eigenvalue weighted by Crippen LogP contribution is -2.57. The molecule has 2 rings (SSSR count). The summed E-state index contributed by atoms with van der Waals surface area (Å²) >= 11 is 0. The van der Waals surface area contributed by atoms with Crippen molar-refractivity contribution in [3.05, 3.63) is 59.7 Å². The Bertz CT molecular complexity index is 1070. The van der Waals surface area contributed by atoms with Gasteiger partial charge in [-0.3, -0.25) is 19.2 Å². The molecule has 8 N–H and O–H groups in total. The van der Waals surface area contributed by atoms with Crippen LogP contribution in [0, 0.1) is 5.92 Å². The molecule has 0 bridgehead atoms. The molecule has 0 heterocycles. The van der Waals surface area contributed by atoms with Crippen LogP contribution in [0.4, 0.5) is 0 Å². The molecule has 0 spiro atoms. The molecule has 2 aromatic rings. The summed E-state index contributed by atoms with van der Waals surface area (Å²) in [5.41, 5.74) is 7.24. The highest BCUT2D eigenvalue weighted by molar-refractivity contribution is 5.94. The monoisotopic (exact) mass is 514 g/mol. The van der Waals surface area contributed by atoms with Crippen LogP contribution in [0.25, 0.3) is 0 Å². The van der Waals surface area contributed by atoms with Gasteiger partial charge in [-0.25, -0.2) is 0 Å². The summed E-state index contributed by atoms with van der Waals surface area (Å²) in [6.07, 6.45) is 0.458. The van der Waals surface area contributed by atoms with Crippen LogP contribution in [0.15, 0.2) is 48.5 Å². The summed E-state index contributed by atoms with van der Waals surface area (Å²) < 4.78 is 0. The molecule has 0 aromatic heterocycles. The van der Waals surface area contributed by atoms with Crippen LogP contribution >= 0.6 is 0 Å². The van der Waals surface area contributed by atoms with Gasteiger partial charge in [-0.1, -0.05) is 38.1 Å². The number of phenolic OH excluding ortho intramolecular Hbond substituents is 2. The van der Waals surface area contributed by atoms with Crippen LogP contribution in [0.2, 0.25) is 0 Å². The summed E-state index contributed by atoms with van der Waals surface area (Å²) in [6.45, 7) is 3.19. The number of phenols is 2. The maximum absolute atomic E-state index is 13.3. The Morgan fingerprint density at radius 2 is 1.19 bits per heavy atom. The van der Waals surface area contributed by atoms with Gasteiger partial charge in [0.15, 0.2) is 0 Å². The Hall–Kier alpha value is -4.12. The molecule has 37 heavy (non-hydrogen) atoms. The van der Waals surface area contributed by atoms with Gasteiger partial charge < -0.3 is 37.0 Å². The number of carboxylic acids is 1. The minimum atomic E-state index is -1.25. The molecule has 3 amide bonds. The second-order valence-corrected chi connectivity index (χ2v) is 9.21. The Labute approximate surface area is 215 Å². The van der Waals surface area contributed by atoms with E-state index in [2.05, 4.69) is 16.0 Å². The fraction of sp³-hybridized carbons (Fsp3) is 0.385. The predicted molar refractivity (Wildman–Crippen MR) is 136 cm³/mol. The molecule has 200 valence electrons. The van der Waals surface area contributed by atoms with Crippen molar-refractivity contribution in [1.82, 2.24) is 16.0 Å². The van der Waals surface area contributed by atoms with Crippen molar-refractivity contribution in [3.63, 3.8) is 0 Å². The van der Waals surface area contributed by atoms with E-state index in [1.807, 2.05) is 13.8 Å². The van der Waals surface area contributed by atoms with Crippen molar-refractivity contribution in [2.45, 2.75) is 51.2 Å². The highest BCUT2D eigenvalue weighted by Crippen LogP contribution is 2.14. The smallest absolute Gasteiger partial charge is 0.322 e. The number of carbonyl (C=O) groups is 4. The number of rotatable bonds is 13. The first kappa shape index (κ1) is 29.1. The fourth-order valence-corrected chi connectivity index (χ4v) is 3.61. The Morgan fingerprint density at radius 1 is 0.757 bits per heavy atom. The zero-order valence-electron chi connectivity index (χ0n) is 20.8. The lowest BCUT2D eigenvalue weighted by Gasteiger charge is -2.25. The van der Waals surface area contributed by atoms with E-state index in [0.29, 0.717) is 17.5 Å². The van der Waals surface area contributed by atoms with Gasteiger partial charge in [0.2, 0.25) is 17.7 Å². The summed E-state index contributed by atoms with van der Waals surface area (Å²) in [5, 5.41) is 35.5. The van der Waals surface area contributed by atoms with Crippen molar-refractivity contribution in [2.75, 3.05) is 6.54 Å². The number of nitrogens with two attached hydrogens (primary N) is 1. The average molecular weight is 515 g/mol. The first-order valence-corrected chi connectivity index (χ1v) is 11.9. The number of nitrogens with one attached hydrogen (secondary N) is 3. The number of aromatic hydroxyl groups is 2. The van der Waals surface area contributed by atoms with Gasteiger partial charge in [-0.05, 0) is 47.7 Å². The molecule has 0 saturated heterocycles. The molecule has 0 radical (unpaired) electrons. The van der Waals surface area contributed by atoms with E-state index in [1.54, 1.807) is 24.3 Å². The molecule has 0 saturated carbocycles. The quantitative estimate of drug-likeness (QED) is 0.200. The van der Waals surface area contributed by atoms with E-state index in [0.717, 1.165) is 0 Å². The molecular weight excluding hydrogens is 480 g/mol. The van der Waals surface area contributed by atoms with Gasteiger partial charge in [0.05, 0.1) is 6.04 Å². The first-order valence-electron chi connectivity index (χ1n) is 11.9. The molecule has 3 atom stereocenters. The Kier molecular flexibility index (Phi) is 10.9. The topological polar surface area (TPSA) is 191 Å². The molecule has 2 aromatic carbocycles. The molecule has 0 aliphatic rings. The van der Waals surface area contributed by atoms with Crippen molar-refractivity contribution >= 4 is 23.7 Å². The number of hydrogen-bond donors (Lipinski definition) is 7. The number of aliphatic carboxylic acids is 1. The van der Waals surface area contributed by atoms with E-state index in [-0.39, 0.29) is 30.3 Å². The zero-order chi connectivity index (χ0) is 27.5. The average Bonchev–Trinajstić information content (AvgIpc) is 2.83. The number of carboxylic acid groups (broad SMARTS) is 1. The summed E-state index contributed by atoms with van der Waals surface area (Å²) in [6, 6.07) is 8.96. The van der Waals surface area contributed by atoms with Crippen LogP contribution in [-0.2, 0) is 32.0 Å². The number of benzene rings is 2. The van der Waals surface area contributed by atoms with Gasteiger partial charge in [0.1, 0.15) is 30.1 Å². The summed E-state index contributed by atoms with van der Waals surface area (Å²) in [4.78, 5) is 49.8. The first-order chi connectivity index (χ1) is 17.4. The SMILES string of the molecule is CC(C)CC(N)C(=O)NC(Cc1ccc(O)cc1)C(=O)NC(Cc1ccc(O)cc1)C(=O)NCC(=O)O. The maximum Gasteiger partial charge on any atom is 0.322 e. The van der Waals surface area contributed by atoms with Gasteiger partial charge in [0.25, 0.3) is 0 Å². The van der Waals surface area contributed by atoms with E-state index < -0.39 is 48.4 Å². The predicted octanol–water partition coefficient (Wildman–Crippen LogP) is 0.427. The highest BCUT2D eigenvalue weighted by atomic mass is 16.4. The van der Waals surface area contributed by atoms with E-state index in [4.69, 9.17) is 10.8 Å². The van der Waals surface area contributed by atoms with Gasteiger partial charge in [-0.15, -0.1) is 0 Å². The van der Waals surface area contributed by atoms with Crippen molar-refractivity contribution < 1.29 is 34.5 Å². The minimum absolute atomic E-state index is 0.00418. The number of hydrogen-bond acceptors (Lipinski definition) is 7. The summed E-state index contributed by atoms with van der Waals surface area (Å²) in [5.74, 6) is -2.97. The fourth-order valence-electron chi connectivity index (χ4n) is 3.61. The van der Waals surface area contributed by atoms with Gasteiger partial charge in [-0.2, -0.15) is 0 Å². The lowest BCUT2D eigenvalue weighted by atomic mass is 10.0. The van der Waals surface area contributed by atoms with E-state index >= 15 is 0 Å². The molecular formula is C26H34N4O7. The zero-order valence-corrected chi connectivity index (χ0v) is 20.8. The van der Waals surface area contributed by atoms with Gasteiger partial charge >= 0.3 is 5.97 Å². The second-order valence-electron chi connectivity index (χ2n) is 9.21. The molecule has 0 aliphatic carbocycles. The van der Waals surface area contributed by atoms with E-state index in [9.17, 15) is 29.4 Å². The molecule has 11 nitrogen and oxygen atoms in total. The van der Waals surface area contributed by atoms with Crippen molar-refractivity contribution in [3.8, 4) is 11.5 Å².